The SMILES string of the molecule is O=C([O-])/C=C/c1ccc([N+](=O)[O-])o1. The van der Waals surface area contributed by atoms with Gasteiger partial charge in [-0.2, -0.15) is 0 Å². The first-order valence-electron chi connectivity index (χ1n) is 3.23. The Hall–Kier alpha value is -2.11. The molecule has 6 heteroatoms. The van der Waals surface area contributed by atoms with Crippen LogP contribution in [0.4, 0.5) is 5.88 Å². The van der Waals surface area contributed by atoms with Gasteiger partial charge in [0.1, 0.15) is 10.7 Å². The molecule has 0 fully saturated rings. The van der Waals surface area contributed by atoms with Gasteiger partial charge in [-0.1, -0.05) is 0 Å². The summed E-state index contributed by atoms with van der Waals surface area (Å²) in [6.45, 7) is 0. The second-order valence-corrected chi connectivity index (χ2v) is 2.09. The first-order chi connectivity index (χ1) is 6.09. The van der Waals surface area contributed by atoms with Crippen LogP contribution in [-0.2, 0) is 4.79 Å². The van der Waals surface area contributed by atoms with E-state index < -0.39 is 16.8 Å². The van der Waals surface area contributed by atoms with Crippen LogP contribution in [0.25, 0.3) is 6.08 Å². The Morgan fingerprint density at radius 2 is 2.23 bits per heavy atom. The van der Waals surface area contributed by atoms with Gasteiger partial charge in [0.25, 0.3) is 0 Å². The Morgan fingerprint density at radius 3 is 2.69 bits per heavy atom. The Balaban J connectivity index is 2.80. The average Bonchev–Trinajstić information content (AvgIpc) is 2.48. The summed E-state index contributed by atoms with van der Waals surface area (Å²) in [7, 11) is 0. The number of carboxylic acids is 1. The predicted molar refractivity (Wildman–Crippen MR) is 39.4 cm³/mol. The number of nitro groups is 1. The van der Waals surface area contributed by atoms with E-state index in [2.05, 4.69) is 4.42 Å². The molecule has 13 heavy (non-hydrogen) atoms. The largest absolute Gasteiger partial charge is 0.545 e. The molecule has 0 aliphatic rings. The van der Waals surface area contributed by atoms with Gasteiger partial charge in [0.15, 0.2) is 0 Å². The monoisotopic (exact) mass is 182 g/mol. The van der Waals surface area contributed by atoms with E-state index in [-0.39, 0.29) is 5.76 Å². The van der Waals surface area contributed by atoms with E-state index in [1.54, 1.807) is 0 Å². The quantitative estimate of drug-likeness (QED) is 0.371. The first-order valence-corrected chi connectivity index (χ1v) is 3.23. The molecule has 0 aliphatic heterocycles. The van der Waals surface area contributed by atoms with E-state index >= 15 is 0 Å². The molecule has 0 spiro atoms. The van der Waals surface area contributed by atoms with E-state index in [1.807, 2.05) is 0 Å². The highest BCUT2D eigenvalue weighted by Gasteiger charge is 2.09. The molecule has 0 atom stereocenters. The number of aliphatic carboxylic acids is 1. The van der Waals surface area contributed by atoms with Crippen molar-refractivity contribution in [2.75, 3.05) is 0 Å². The summed E-state index contributed by atoms with van der Waals surface area (Å²) in [5.74, 6) is -1.73. The Bertz CT molecular complexity index is 365. The minimum absolute atomic E-state index is 0.0934. The molecule has 0 bridgehead atoms. The van der Waals surface area contributed by atoms with E-state index in [9.17, 15) is 20.0 Å². The van der Waals surface area contributed by atoms with Gasteiger partial charge in [-0.25, -0.2) is 0 Å². The number of nitrogens with zero attached hydrogens (tertiary/aromatic N) is 1. The molecule has 0 N–H and O–H groups in total. The maximum absolute atomic E-state index is 10.1. The van der Waals surface area contributed by atoms with Crippen molar-refractivity contribution in [1.29, 1.82) is 0 Å². The van der Waals surface area contributed by atoms with Crippen LogP contribution in [0.3, 0.4) is 0 Å². The number of hydrogen-bond donors (Lipinski definition) is 0. The maximum Gasteiger partial charge on any atom is 0.433 e. The summed E-state index contributed by atoms with van der Waals surface area (Å²) in [6.07, 6.45) is 1.80. The number of rotatable bonds is 3. The van der Waals surface area contributed by atoms with E-state index in [4.69, 9.17) is 0 Å². The van der Waals surface area contributed by atoms with E-state index in [0.29, 0.717) is 0 Å². The van der Waals surface area contributed by atoms with Gasteiger partial charge in [-0.3, -0.25) is 10.1 Å². The third-order valence-electron chi connectivity index (χ3n) is 1.18. The molecule has 1 rings (SSSR count). The maximum atomic E-state index is 10.1. The zero-order valence-corrected chi connectivity index (χ0v) is 6.30. The van der Waals surface area contributed by atoms with Crippen LogP contribution in [0.2, 0.25) is 0 Å². The molecule has 0 aromatic carbocycles. The fraction of sp³-hybridized carbons (Fsp3) is 0. The first kappa shape index (κ1) is 8.98. The number of furan rings is 1. The number of carbonyl (C=O) groups excluding carboxylic acids is 1. The summed E-state index contributed by atoms with van der Waals surface area (Å²) in [6, 6.07) is 2.42. The van der Waals surface area contributed by atoms with Crippen LogP contribution in [0, 0.1) is 10.1 Å². The Kier molecular flexibility index (Phi) is 2.44. The van der Waals surface area contributed by atoms with Crippen LogP contribution in [0.1, 0.15) is 5.76 Å². The van der Waals surface area contributed by atoms with Gasteiger partial charge in [-0.05, 0) is 18.2 Å². The molecule has 6 nitrogen and oxygen atoms in total. The highest BCUT2D eigenvalue weighted by molar-refractivity contribution is 5.82. The molecule has 1 aromatic heterocycles. The van der Waals surface area contributed by atoms with Gasteiger partial charge in [-0.15, -0.1) is 0 Å². The van der Waals surface area contributed by atoms with Crippen LogP contribution >= 0.6 is 0 Å². The molecule has 1 heterocycles. The fourth-order valence-electron chi connectivity index (χ4n) is 0.680. The summed E-state index contributed by atoms with van der Waals surface area (Å²) >= 11 is 0. The van der Waals surface area contributed by atoms with Crippen molar-refractivity contribution in [3.05, 3.63) is 34.1 Å². The summed E-state index contributed by atoms with van der Waals surface area (Å²) in [5.41, 5.74) is 0. The third-order valence-corrected chi connectivity index (χ3v) is 1.18. The van der Waals surface area contributed by atoms with E-state index in [1.165, 1.54) is 6.07 Å². The second kappa shape index (κ2) is 3.53. The number of hydrogen-bond acceptors (Lipinski definition) is 5. The van der Waals surface area contributed by atoms with Crippen LogP contribution in [-0.4, -0.2) is 10.9 Å². The lowest BCUT2D eigenvalue weighted by atomic mass is 10.4. The molecule has 0 saturated carbocycles. The van der Waals surface area contributed by atoms with Gasteiger partial charge in [0.2, 0.25) is 0 Å². The lowest BCUT2D eigenvalue weighted by Gasteiger charge is -1.87. The standard InChI is InChI=1S/C7H5NO5/c9-7(10)4-2-5-1-3-6(13-5)8(11)12/h1-4H,(H,9,10)/p-1/b4-2+. The summed E-state index contributed by atoms with van der Waals surface area (Å²) in [5, 5.41) is 20.1. The molecule has 0 unspecified atom stereocenters. The molecular formula is C7H4NO5-. The molecule has 68 valence electrons. The number of carboxylic acid groups (broad SMARTS) is 1. The Morgan fingerprint density at radius 1 is 1.54 bits per heavy atom. The highest BCUT2D eigenvalue weighted by Crippen LogP contribution is 2.16. The molecule has 0 aliphatic carbocycles. The van der Waals surface area contributed by atoms with Crippen LogP contribution in [0.5, 0.6) is 0 Å². The molecule has 0 amide bonds. The van der Waals surface area contributed by atoms with Gasteiger partial charge >= 0.3 is 5.88 Å². The lowest BCUT2D eigenvalue weighted by Crippen LogP contribution is -2.18. The molecule has 1 aromatic rings. The molecule has 0 radical (unpaired) electrons. The van der Waals surface area contributed by atoms with Crippen molar-refractivity contribution >= 4 is 17.9 Å². The van der Waals surface area contributed by atoms with Crippen molar-refractivity contribution in [2.24, 2.45) is 0 Å². The predicted octanol–water partition coefficient (Wildman–Crippen LogP) is -0.0491. The zero-order valence-electron chi connectivity index (χ0n) is 6.30. The Labute approximate surface area is 72.2 Å². The van der Waals surface area contributed by atoms with Crippen molar-refractivity contribution in [3.8, 4) is 0 Å². The fourth-order valence-corrected chi connectivity index (χ4v) is 0.680. The van der Waals surface area contributed by atoms with Crippen molar-refractivity contribution < 1.29 is 19.2 Å². The van der Waals surface area contributed by atoms with Crippen molar-refractivity contribution in [3.63, 3.8) is 0 Å². The van der Waals surface area contributed by atoms with Gasteiger partial charge < -0.3 is 14.3 Å². The van der Waals surface area contributed by atoms with Crippen molar-refractivity contribution in [2.45, 2.75) is 0 Å². The molecule has 0 saturated heterocycles. The molecular weight excluding hydrogens is 178 g/mol. The van der Waals surface area contributed by atoms with E-state index in [0.717, 1.165) is 18.2 Å². The lowest BCUT2D eigenvalue weighted by molar-refractivity contribution is -0.402. The summed E-state index contributed by atoms with van der Waals surface area (Å²) in [4.78, 5) is 19.3. The normalized spacial score (nSPS) is 10.5. The second-order valence-electron chi connectivity index (χ2n) is 2.09. The van der Waals surface area contributed by atoms with Gasteiger partial charge in [0.05, 0.1) is 12.0 Å². The smallest absolute Gasteiger partial charge is 0.433 e. The highest BCUT2D eigenvalue weighted by atomic mass is 16.6. The van der Waals surface area contributed by atoms with Crippen LogP contribution in [0.15, 0.2) is 22.6 Å². The number of carbonyl (C=O) groups is 1. The third kappa shape index (κ3) is 2.44. The minimum atomic E-state index is -1.39. The zero-order chi connectivity index (χ0) is 9.84. The average molecular weight is 182 g/mol. The summed E-state index contributed by atoms with van der Waals surface area (Å²) < 4.78 is 4.62. The minimum Gasteiger partial charge on any atom is -0.545 e. The van der Waals surface area contributed by atoms with Crippen molar-refractivity contribution in [1.82, 2.24) is 0 Å². The topological polar surface area (TPSA) is 96.4 Å². The van der Waals surface area contributed by atoms with Gasteiger partial charge in [0, 0.05) is 0 Å². The van der Waals surface area contributed by atoms with Crippen LogP contribution < -0.4 is 5.11 Å².